The topological polar surface area (TPSA) is 30.2 Å². The molecule has 0 bridgehead atoms. The molecule has 0 atom stereocenters. The predicted octanol–water partition coefficient (Wildman–Crippen LogP) is 3.46. The number of hydrogen-bond acceptors (Lipinski definition) is 2. The summed E-state index contributed by atoms with van der Waals surface area (Å²) in [6.07, 6.45) is 0. The quantitative estimate of drug-likeness (QED) is 0.641. The van der Waals surface area contributed by atoms with Gasteiger partial charge in [0.25, 0.3) is 0 Å². The summed E-state index contributed by atoms with van der Waals surface area (Å²) in [7, 11) is 0. The summed E-state index contributed by atoms with van der Waals surface area (Å²) >= 11 is 0. The summed E-state index contributed by atoms with van der Waals surface area (Å²) in [5, 5.41) is 0.618. The van der Waals surface area contributed by atoms with Crippen molar-refractivity contribution in [1.29, 1.82) is 0 Å². The van der Waals surface area contributed by atoms with E-state index in [0.717, 1.165) is 5.56 Å². The zero-order valence-corrected chi connectivity index (χ0v) is 10.3. The number of hydrogen-bond donors (Lipinski definition) is 0. The van der Waals surface area contributed by atoms with Gasteiger partial charge in [-0.05, 0) is 12.1 Å². The first-order valence-corrected chi connectivity index (χ1v) is 5.43. The summed E-state index contributed by atoms with van der Waals surface area (Å²) in [4.78, 5) is 11.9. The smallest absolute Gasteiger partial charge is 0.193 e. The van der Waals surface area contributed by atoms with Crippen molar-refractivity contribution in [3.8, 4) is 11.3 Å². The van der Waals surface area contributed by atoms with Crippen molar-refractivity contribution in [2.45, 2.75) is 0 Å². The molecule has 1 radical (unpaired) electrons. The molecule has 93 valence electrons. The molecular formula is C15H10CuO2. The Morgan fingerprint density at radius 3 is 2.28 bits per heavy atom. The second kappa shape index (κ2) is 5.21. The summed E-state index contributed by atoms with van der Waals surface area (Å²) < 4.78 is 5.73. The third kappa shape index (κ3) is 2.23. The molecule has 0 aliphatic heterocycles. The number of para-hydroxylation sites is 1. The fourth-order valence-corrected chi connectivity index (χ4v) is 1.85. The Labute approximate surface area is 115 Å². The molecule has 1 heterocycles. The SMILES string of the molecule is O=c1cc(-c2ccccc2)oc2ccccc12.[Cu]. The van der Waals surface area contributed by atoms with Crippen molar-refractivity contribution >= 4 is 11.0 Å². The summed E-state index contributed by atoms with van der Waals surface area (Å²) in [5.41, 5.74) is 1.53. The molecule has 3 heteroatoms. The summed E-state index contributed by atoms with van der Waals surface area (Å²) in [6, 6.07) is 18.4. The largest absolute Gasteiger partial charge is 0.456 e. The number of fused-ring (bicyclic) bond motifs is 1. The molecule has 0 spiro atoms. The van der Waals surface area contributed by atoms with Gasteiger partial charge in [0.15, 0.2) is 5.43 Å². The first-order chi connectivity index (χ1) is 8.34. The standard InChI is InChI=1S/C15H10O2.Cu/c16-13-10-15(11-6-2-1-3-7-11)17-14-9-5-4-8-12(13)14;/h1-10H;. The van der Waals surface area contributed by atoms with Crippen molar-refractivity contribution in [2.75, 3.05) is 0 Å². The zero-order chi connectivity index (χ0) is 11.7. The number of rotatable bonds is 1. The van der Waals surface area contributed by atoms with E-state index in [1.54, 1.807) is 6.07 Å². The minimum absolute atomic E-state index is 0. The van der Waals surface area contributed by atoms with Gasteiger partial charge in [0.1, 0.15) is 11.3 Å². The Bertz CT molecular complexity index is 717. The van der Waals surface area contributed by atoms with Crippen molar-refractivity contribution in [3.05, 3.63) is 70.9 Å². The van der Waals surface area contributed by atoms with Crippen LogP contribution in [0.1, 0.15) is 0 Å². The molecule has 0 fully saturated rings. The van der Waals surface area contributed by atoms with E-state index >= 15 is 0 Å². The molecule has 0 N–H and O–H groups in total. The molecule has 3 rings (SSSR count). The van der Waals surface area contributed by atoms with Crippen molar-refractivity contribution in [1.82, 2.24) is 0 Å². The third-order valence-corrected chi connectivity index (χ3v) is 2.69. The van der Waals surface area contributed by atoms with Crippen LogP contribution in [0, 0.1) is 0 Å². The molecule has 18 heavy (non-hydrogen) atoms. The van der Waals surface area contributed by atoms with Crippen LogP contribution in [0.2, 0.25) is 0 Å². The van der Waals surface area contributed by atoms with E-state index in [1.807, 2.05) is 48.5 Å². The van der Waals surface area contributed by atoms with E-state index in [-0.39, 0.29) is 22.5 Å². The maximum atomic E-state index is 11.9. The molecule has 0 saturated heterocycles. The summed E-state index contributed by atoms with van der Waals surface area (Å²) in [6.45, 7) is 0. The maximum Gasteiger partial charge on any atom is 0.193 e. The van der Waals surface area contributed by atoms with E-state index in [4.69, 9.17) is 4.42 Å². The van der Waals surface area contributed by atoms with E-state index in [0.29, 0.717) is 16.7 Å². The molecule has 0 aliphatic carbocycles. The van der Waals surface area contributed by atoms with Crippen LogP contribution in [0.4, 0.5) is 0 Å². The Morgan fingerprint density at radius 1 is 0.833 bits per heavy atom. The van der Waals surface area contributed by atoms with Gasteiger partial charge in [-0.2, -0.15) is 0 Å². The molecule has 2 aromatic carbocycles. The zero-order valence-electron chi connectivity index (χ0n) is 9.39. The van der Waals surface area contributed by atoms with Crippen LogP contribution in [0.5, 0.6) is 0 Å². The molecule has 2 nitrogen and oxygen atoms in total. The van der Waals surface area contributed by atoms with Crippen molar-refractivity contribution in [2.24, 2.45) is 0 Å². The van der Waals surface area contributed by atoms with Gasteiger partial charge in [0, 0.05) is 28.7 Å². The predicted molar refractivity (Wildman–Crippen MR) is 67.9 cm³/mol. The van der Waals surface area contributed by atoms with Crippen molar-refractivity contribution in [3.63, 3.8) is 0 Å². The minimum atomic E-state index is -0.00861. The van der Waals surface area contributed by atoms with Gasteiger partial charge in [-0.25, -0.2) is 0 Å². The normalized spacial score (nSPS) is 10.0. The molecule has 0 saturated carbocycles. The van der Waals surface area contributed by atoms with E-state index in [2.05, 4.69) is 0 Å². The fourth-order valence-electron chi connectivity index (χ4n) is 1.85. The summed E-state index contributed by atoms with van der Waals surface area (Å²) in [5.74, 6) is 0.606. The average molecular weight is 286 g/mol. The van der Waals surface area contributed by atoms with Gasteiger partial charge in [0.05, 0.1) is 5.39 Å². The Balaban J connectivity index is 0.00000120. The van der Waals surface area contributed by atoms with Crippen LogP contribution < -0.4 is 5.43 Å². The average Bonchev–Trinajstić information content (AvgIpc) is 2.40. The van der Waals surface area contributed by atoms with Gasteiger partial charge >= 0.3 is 0 Å². The maximum absolute atomic E-state index is 11.9. The van der Waals surface area contributed by atoms with Crippen LogP contribution in [0.15, 0.2) is 69.9 Å². The second-order valence-corrected chi connectivity index (χ2v) is 3.84. The first kappa shape index (κ1) is 12.6. The molecule has 0 aliphatic rings. The molecule has 0 amide bonds. The van der Waals surface area contributed by atoms with Gasteiger partial charge in [-0.1, -0.05) is 42.5 Å². The van der Waals surface area contributed by atoms with E-state index in [9.17, 15) is 4.79 Å². The van der Waals surface area contributed by atoms with E-state index < -0.39 is 0 Å². The van der Waals surface area contributed by atoms with E-state index in [1.165, 1.54) is 6.07 Å². The van der Waals surface area contributed by atoms with Gasteiger partial charge in [-0.15, -0.1) is 0 Å². The molecule has 0 unspecified atom stereocenters. The fraction of sp³-hybridized carbons (Fsp3) is 0. The Kier molecular flexibility index (Phi) is 3.66. The van der Waals surface area contributed by atoms with Crippen LogP contribution in [0.3, 0.4) is 0 Å². The van der Waals surface area contributed by atoms with Crippen LogP contribution in [0.25, 0.3) is 22.3 Å². The Hall–Kier alpha value is -1.83. The Morgan fingerprint density at radius 2 is 1.50 bits per heavy atom. The molecule has 3 aromatic rings. The molecular weight excluding hydrogens is 276 g/mol. The van der Waals surface area contributed by atoms with Gasteiger partial charge in [-0.3, -0.25) is 4.79 Å². The molecule has 1 aromatic heterocycles. The van der Waals surface area contributed by atoms with Gasteiger partial charge < -0.3 is 4.42 Å². The third-order valence-electron chi connectivity index (χ3n) is 2.69. The first-order valence-electron chi connectivity index (χ1n) is 5.43. The van der Waals surface area contributed by atoms with Crippen LogP contribution in [-0.2, 0) is 17.1 Å². The van der Waals surface area contributed by atoms with Crippen molar-refractivity contribution < 1.29 is 21.5 Å². The number of benzene rings is 2. The monoisotopic (exact) mass is 285 g/mol. The minimum Gasteiger partial charge on any atom is -0.456 e. The van der Waals surface area contributed by atoms with Crippen LogP contribution in [-0.4, -0.2) is 0 Å². The second-order valence-electron chi connectivity index (χ2n) is 3.84. The van der Waals surface area contributed by atoms with Crippen LogP contribution >= 0.6 is 0 Å². The van der Waals surface area contributed by atoms with Gasteiger partial charge in [0.2, 0.25) is 0 Å².